The minimum absolute atomic E-state index is 0.0361. The van der Waals surface area contributed by atoms with Crippen molar-refractivity contribution in [2.45, 2.75) is 116 Å². The molecule has 1 aliphatic rings. The van der Waals surface area contributed by atoms with Gasteiger partial charge in [-0.05, 0) is 65.6 Å². The molecule has 1 fully saturated rings. The fraction of sp³-hybridized carbons (Fsp3) is 0.826. The SMILES string of the molecule is CC1CCC(C(=O)N[C@@H](CO[Si](C)(C)C(C)(C)C)c2nnco2)(C(C)O)N1C(=O)OC(C)(C)C. The lowest BCUT2D eigenvalue weighted by Gasteiger charge is -2.42. The van der Waals surface area contributed by atoms with Gasteiger partial charge in [0.2, 0.25) is 18.2 Å². The number of carbonyl (C=O) groups is 2. The Morgan fingerprint density at radius 2 is 1.94 bits per heavy atom. The van der Waals surface area contributed by atoms with Crippen molar-refractivity contribution in [2.24, 2.45) is 0 Å². The van der Waals surface area contributed by atoms with Crippen LogP contribution in [-0.4, -0.2) is 70.4 Å². The maximum atomic E-state index is 13.8. The molecule has 10 nitrogen and oxygen atoms in total. The van der Waals surface area contributed by atoms with Crippen LogP contribution < -0.4 is 5.32 Å². The number of hydrogen-bond acceptors (Lipinski definition) is 8. The highest BCUT2D eigenvalue weighted by atomic mass is 28.4. The Labute approximate surface area is 203 Å². The van der Waals surface area contributed by atoms with Crippen molar-refractivity contribution >= 4 is 20.3 Å². The summed E-state index contributed by atoms with van der Waals surface area (Å²) in [6.07, 6.45) is 0.241. The van der Waals surface area contributed by atoms with E-state index in [-0.39, 0.29) is 30.0 Å². The van der Waals surface area contributed by atoms with Crippen molar-refractivity contribution in [3.8, 4) is 0 Å². The maximum absolute atomic E-state index is 13.8. The molecule has 11 heteroatoms. The normalized spacial score (nSPS) is 23.5. The van der Waals surface area contributed by atoms with Crippen LogP contribution in [0, 0.1) is 0 Å². The van der Waals surface area contributed by atoms with Gasteiger partial charge >= 0.3 is 6.09 Å². The number of carbonyl (C=O) groups excluding carboxylic acids is 2. The summed E-state index contributed by atoms with van der Waals surface area (Å²) in [5.74, 6) is -0.317. The number of nitrogens with zero attached hydrogens (tertiary/aromatic N) is 3. The standard InChI is InChI=1S/C23H42N4O6Si/c1-15-11-12-23(16(2)28,27(15)20(30)33-21(3,4)5)19(29)25-17(18-26-24-14-31-18)13-32-34(9,10)22(6,7)8/h14-17,28H,11-13H2,1-10H3,(H,25,29)/t15?,16?,17-,23?/m0/s1. The first-order chi connectivity index (χ1) is 15.4. The summed E-state index contributed by atoms with van der Waals surface area (Å²) < 4.78 is 17.3. The number of aromatic nitrogens is 2. The van der Waals surface area contributed by atoms with E-state index in [0.717, 1.165) is 0 Å². The zero-order valence-corrected chi connectivity index (χ0v) is 23.3. The lowest BCUT2D eigenvalue weighted by atomic mass is 9.88. The molecule has 2 amide bonds. The summed E-state index contributed by atoms with van der Waals surface area (Å²) in [5.41, 5.74) is -2.25. The Morgan fingerprint density at radius 1 is 1.32 bits per heavy atom. The molecule has 1 aromatic heterocycles. The average molecular weight is 499 g/mol. The Balaban J connectivity index is 2.36. The minimum Gasteiger partial charge on any atom is -0.444 e. The highest BCUT2D eigenvalue weighted by Crippen LogP contribution is 2.40. The van der Waals surface area contributed by atoms with Crippen molar-refractivity contribution in [2.75, 3.05) is 6.61 Å². The van der Waals surface area contributed by atoms with Gasteiger partial charge in [0.15, 0.2) is 13.9 Å². The molecule has 2 rings (SSSR count). The molecular formula is C23H42N4O6Si. The molecule has 0 bridgehead atoms. The second-order valence-electron chi connectivity index (χ2n) is 11.7. The van der Waals surface area contributed by atoms with E-state index in [1.54, 1.807) is 20.8 Å². The summed E-state index contributed by atoms with van der Waals surface area (Å²) in [6, 6.07) is -1.03. The predicted octanol–water partition coefficient (Wildman–Crippen LogP) is 3.79. The summed E-state index contributed by atoms with van der Waals surface area (Å²) in [7, 11) is -2.15. The number of ether oxygens (including phenoxy) is 1. The summed E-state index contributed by atoms with van der Waals surface area (Å²) in [6.45, 7) is 19.4. The van der Waals surface area contributed by atoms with Crippen molar-refractivity contribution in [3.05, 3.63) is 12.3 Å². The van der Waals surface area contributed by atoms with E-state index in [4.69, 9.17) is 13.6 Å². The highest BCUT2D eigenvalue weighted by Gasteiger charge is 2.57. The molecule has 2 heterocycles. The molecule has 194 valence electrons. The van der Waals surface area contributed by atoms with Gasteiger partial charge in [0.05, 0.1) is 12.7 Å². The number of nitrogens with one attached hydrogen (secondary N) is 1. The first-order valence-electron chi connectivity index (χ1n) is 11.8. The fourth-order valence-electron chi connectivity index (χ4n) is 3.85. The van der Waals surface area contributed by atoms with Crippen LogP contribution in [0.4, 0.5) is 4.79 Å². The molecule has 34 heavy (non-hydrogen) atoms. The van der Waals surface area contributed by atoms with Gasteiger partial charge < -0.3 is 24.0 Å². The Bertz CT molecular complexity index is 847. The first-order valence-corrected chi connectivity index (χ1v) is 14.7. The Hall–Kier alpha value is -1.98. The molecule has 1 aromatic rings. The van der Waals surface area contributed by atoms with Crippen molar-refractivity contribution in [1.29, 1.82) is 0 Å². The van der Waals surface area contributed by atoms with E-state index in [2.05, 4.69) is 49.4 Å². The largest absolute Gasteiger partial charge is 0.444 e. The van der Waals surface area contributed by atoms with E-state index in [1.165, 1.54) is 18.2 Å². The minimum atomic E-state index is -2.15. The monoisotopic (exact) mass is 498 g/mol. The number of aliphatic hydroxyl groups is 1. The molecule has 0 spiro atoms. The molecular weight excluding hydrogens is 456 g/mol. The molecule has 0 saturated carbocycles. The maximum Gasteiger partial charge on any atom is 0.411 e. The molecule has 0 radical (unpaired) electrons. The van der Waals surface area contributed by atoms with Crippen LogP contribution >= 0.6 is 0 Å². The number of aliphatic hydroxyl groups excluding tert-OH is 1. The molecule has 3 unspecified atom stereocenters. The van der Waals surface area contributed by atoms with Crippen molar-refractivity contribution in [1.82, 2.24) is 20.4 Å². The van der Waals surface area contributed by atoms with Crippen LogP contribution in [-0.2, 0) is 14.0 Å². The summed E-state index contributed by atoms with van der Waals surface area (Å²) in [5, 5.41) is 21.4. The molecule has 4 atom stereocenters. The molecule has 0 aromatic carbocycles. The third-order valence-corrected chi connectivity index (χ3v) is 11.4. The Kier molecular flexibility index (Phi) is 8.26. The molecule has 1 aliphatic heterocycles. The summed E-state index contributed by atoms with van der Waals surface area (Å²) >= 11 is 0. The number of rotatable bonds is 7. The van der Waals surface area contributed by atoms with Gasteiger partial charge in [-0.1, -0.05) is 20.8 Å². The molecule has 0 aliphatic carbocycles. The highest BCUT2D eigenvalue weighted by molar-refractivity contribution is 6.74. The Morgan fingerprint density at radius 3 is 2.41 bits per heavy atom. The van der Waals surface area contributed by atoms with E-state index in [0.29, 0.717) is 6.42 Å². The van der Waals surface area contributed by atoms with E-state index in [1.807, 2.05) is 6.92 Å². The second-order valence-corrected chi connectivity index (χ2v) is 16.5. The van der Waals surface area contributed by atoms with Crippen LogP contribution in [0.1, 0.15) is 80.2 Å². The lowest BCUT2D eigenvalue weighted by Crippen LogP contribution is -2.65. The quantitative estimate of drug-likeness (QED) is 0.544. The van der Waals surface area contributed by atoms with Crippen LogP contribution in [0.15, 0.2) is 10.8 Å². The van der Waals surface area contributed by atoms with Crippen LogP contribution in [0.3, 0.4) is 0 Å². The molecule has 1 saturated heterocycles. The average Bonchev–Trinajstić information content (AvgIpc) is 3.31. The van der Waals surface area contributed by atoms with E-state index < -0.39 is 43.6 Å². The van der Waals surface area contributed by atoms with Crippen LogP contribution in [0.2, 0.25) is 18.1 Å². The van der Waals surface area contributed by atoms with Gasteiger partial charge in [-0.25, -0.2) is 4.79 Å². The predicted molar refractivity (Wildman–Crippen MR) is 130 cm³/mol. The van der Waals surface area contributed by atoms with Crippen molar-refractivity contribution in [3.63, 3.8) is 0 Å². The van der Waals surface area contributed by atoms with E-state index in [9.17, 15) is 14.7 Å². The van der Waals surface area contributed by atoms with Gasteiger partial charge in [0.1, 0.15) is 11.6 Å². The van der Waals surface area contributed by atoms with Gasteiger partial charge in [0.25, 0.3) is 0 Å². The lowest BCUT2D eigenvalue weighted by molar-refractivity contribution is -0.140. The van der Waals surface area contributed by atoms with Gasteiger partial charge in [0, 0.05) is 6.04 Å². The molecule has 2 N–H and O–H groups in total. The van der Waals surface area contributed by atoms with Crippen LogP contribution in [0.25, 0.3) is 0 Å². The van der Waals surface area contributed by atoms with Gasteiger partial charge in [-0.15, -0.1) is 10.2 Å². The van der Waals surface area contributed by atoms with Crippen molar-refractivity contribution < 1.29 is 28.3 Å². The first kappa shape index (κ1) is 28.3. The third kappa shape index (κ3) is 5.98. The second kappa shape index (κ2) is 9.94. The topological polar surface area (TPSA) is 127 Å². The smallest absolute Gasteiger partial charge is 0.411 e. The zero-order chi connectivity index (χ0) is 26.1. The third-order valence-electron chi connectivity index (χ3n) is 6.89. The fourth-order valence-corrected chi connectivity index (χ4v) is 4.86. The van der Waals surface area contributed by atoms with E-state index >= 15 is 0 Å². The van der Waals surface area contributed by atoms with Crippen LogP contribution in [0.5, 0.6) is 0 Å². The van der Waals surface area contributed by atoms with Gasteiger partial charge in [-0.3, -0.25) is 9.69 Å². The zero-order valence-electron chi connectivity index (χ0n) is 22.3. The number of likely N-dealkylation sites (tertiary alicyclic amines) is 1. The van der Waals surface area contributed by atoms with Gasteiger partial charge in [-0.2, -0.15) is 0 Å². The number of hydrogen-bond donors (Lipinski definition) is 2. The summed E-state index contributed by atoms with van der Waals surface area (Å²) in [4.78, 5) is 28.3. The number of amides is 2.